The lowest BCUT2D eigenvalue weighted by Crippen LogP contribution is -2.60. The molecule has 0 aromatic heterocycles. The van der Waals surface area contributed by atoms with Gasteiger partial charge >= 0.3 is 11.9 Å². The van der Waals surface area contributed by atoms with Gasteiger partial charge < -0.3 is 20.1 Å². The zero-order valence-corrected chi connectivity index (χ0v) is 28.6. The van der Waals surface area contributed by atoms with Crippen molar-refractivity contribution < 1.29 is 19.1 Å². The lowest BCUT2D eigenvalue weighted by molar-refractivity contribution is -0.214. The smallest absolute Gasteiger partial charge is 0.419 e. The maximum Gasteiger partial charge on any atom is 0.419 e. The summed E-state index contributed by atoms with van der Waals surface area (Å²) >= 11 is 0. The lowest BCUT2D eigenvalue weighted by atomic mass is 9.88. The molecule has 2 unspecified atom stereocenters. The SMILES string of the molecule is O=C(OC1(CNc2ccccc2)c2ccccc2CCN1CC1CC1)C(=O)OC1(CNc2ccccc2)c2ccccc2CCN1CC1CC1. The molecule has 8 rings (SSSR count). The topological polar surface area (TPSA) is 83.1 Å². The van der Waals surface area contributed by atoms with Gasteiger partial charge in [0, 0.05) is 48.7 Å². The van der Waals surface area contributed by atoms with Crippen LogP contribution < -0.4 is 10.6 Å². The Morgan fingerprint density at radius 2 is 0.940 bits per heavy atom. The van der Waals surface area contributed by atoms with Crippen LogP contribution in [-0.4, -0.2) is 61.0 Å². The summed E-state index contributed by atoms with van der Waals surface area (Å²) in [5.74, 6) is -0.870. The first-order valence-electron chi connectivity index (χ1n) is 18.2. The van der Waals surface area contributed by atoms with Crippen LogP contribution in [0.2, 0.25) is 0 Å². The molecule has 8 heteroatoms. The highest BCUT2D eigenvalue weighted by molar-refractivity contribution is 6.30. The molecule has 0 amide bonds. The Labute approximate surface area is 294 Å². The molecule has 50 heavy (non-hydrogen) atoms. The van der Waals surface area contributed by atoms with E-state index in [0.717, 1.165) is 98.3 Å². The summed E-state index contributed by atoms with van der Waals surface area (Å²) in [6.45, 7) is 3.61. The number of hydrogen-bond acceptors (Lipinski definition) is 8. The van der Waals surface area contributed by atoms with Crippen molar-refractivity contribution in [1.29, 1.82) is 0 Å². The van der Waals surface area contributed by atoms with E-state index in [1.807, 2.05) is 97.1 Å². The summed E-state index contributed by atoms with van der Waals surface area (Å²) in [6.07, 6.45) is 6.32. The number of anilines is 2. The number of benzene rings is 4. The summed E-state index contributed by atoms with van der Waals surface area (Å²) in [6, 6.07) is 36.2. The highest BCUT2D eigenvalue weighted by atomic mass is 16.6. The van der Waals surface area contributed by atoms with Gasteiger partial charge in [-0.2, -0.15) is 0 Å². The number of nitrogens with one attached hydrogen (secondary N) is 2. The molecule has 8 nitrogen and oxygen atoms in total. The van der Waals surface area contributed by atoms with E-state index in [-0.39, 0.29) is 13.1 Å². The average Bonchev–Trinajstić information content (AvgIpc) is 4.11. The van der Waals surface area contributed by atoms with Crippen LogP contribution in [0, 0.1) is 11.8 Å². The van der Waals surface area contributed by atoms with E-state index in [9.17, 15) is 9.59 Å². The Morgan fingerprint density at radius 3 is 1.34 bits per heavy atom. The maximum atomic E-state index is 14.4. The third-order valence-electron chi connectivity index (χ3n) is 10.9. The fourth-order valence-corrected chi connectivity index (χ4v) is 7.82. The monoisotopic (exact) mass is 670 g/mol. The molecule has 2 heterocycles. The van der Waals surface area contributed by atoms with Crippen LogP contribution in [0.3, 0.4) is 0 Å². The molecular formula is C42H46N4O4. The van der Waals surface area contributed by atoms with E-state index in [0.29, 0.717) is 11.8 Å². The van der Waals surface area contributed by atoms with E-state index in [1.54, 1.807) is 0 Å². The molecule has 4 aromatic carbocycles. The molecule has 2 aliphatic carbocycles. The van der Waals surface area contributed by atoms with Crippen molar-refractivity contribution in [3.05, 3.63) is 131 Å². The first-order valence-corrected chi connectivity index (χ1v) is 18.2. The Morgan fingerprint density at radius 1 is 0.560 bits per heavy atom. The quantitative estimate of drug-likeness (QED) is 0.130. The Kier molecular flexibility index (Phi) is 9.06. The Bertz CT molecular complexity index is 1680. The first-order chi connectivity index (χ1) is 24.5. The molecule has 2 fully saturated rings. The van der Waals surface area contributed by atoms with Crippen molar-refractivity contribution in [3.63, 3.8) is 0 Å². The normalized spacial score (nSPS) is 23.3. The van der Waals surface area contributed by atoms with Gasteiger partial charge in [-0.25, -0.2) is 9.59 Å². The van der Waals surface area contributed by atoms with Crippen molar-refractivity contribution in [2.45, 2.75) is 50.0 Å². The lowest BCUT2D eigenvalue weighted by Gasteiger charge is -2.48. The number of nitrogens with zero attached hydrogens (tertiary/aromatic N) is 2. The summed E-state index contributed by atoms with van der Waals surface area (Å²) in [4.78, 5) is 33.4. The highest BCUT2D eigenvalue weighted by Gasteiger charge is 2.52. The van der Waals surface area contributed by atoms with Crippen molar-refractivity contribution in [2.75, 3.05) is 49.9 Å². The van der Waals surface area contributed by atoms with Gasteiger partial charge in [0.2, 0.25) is 11.4 Å². The minimum atomic E-state index is -1.20. The molecule has 2 aliphatic heterocycles. The highest BCUT2D eigenvalue weighted by Crippen LogP contribution is 2.43. The Balaban J connectivity index is 1.15. The molecule has 2 N–H and O–H groups in total. The minimum absolute atomic E-state index is 0.289. The standard InChI is InChI=1S/C42H46N4O4/c47-39(49-41(29-43-35-13-3-1-4-14-35)37-17-9-7-11-33(37)23-25-45(41)27-31-19-20-31)40(48)50-42(30-44-36-15-5-2-6-16-36)38-18-10-8-12-34(38)24-26-46(42)28-32-21-22-32/h1-18,31-32,43-44H,19-30H2. The van der Waals surface area contributed by atoms with E-state index in [2.05, 4.69) is 32.6 Å². The minimum Gasteiger partial charge on any atom is -0.429 e. The van der Waals surface area contributed by atoms with Crippen LogP contribution in [-0.2, 0) is 43.4 Å². The van der Waals surface area contributed by atoms with Gasteiger partial charge in [0.15, 0.2) is 0 Å². The van der Waals surface area contributed by atoms with Gasteiger partial charge in [-0.15, -0.1) is 0 Å². The zero-order valence-electron chi connectivity index (χ0n) is 28.6. The van der Waals surface area contributed by atoms with Gasteiger partial charge in [0.05, 0.1) is 13.1 Å². The second kappa shape index (κ2) is 13.9. The molecule has 258 valence electrons. The Hall–Kier alpha value is -4.66. The number of esters is 2. The number of rotatable bonds is 12. The summed E-state index contributed by atoms with van der Waals surface area (Å²) in [7, 11) is 0. The first kappa shape index (κ1) is 32.5. The van der Waals surface area contributed by atoms with E-state index in [4.69, 9.17) is 9.47 Å². The molecule has 0 saturated heterocycles. The van der Waals surface area contributed by atoms with Crippen LogP contribution in [0.1, 0.15) is 47.9 Å². The largest absolute Gasteiger partial charge is 0.429 e. The number of carbonyl (C=O) groups excluding carboxylic acids is 2. The average molecular weight is 671 g/mol. The van der Waals surface area contributed by atoms with Gasteiger partial charge in [0.25, 0.3) is 0 Å². The number of carbonyl (C=O) groups is 2. The summed E-state index contributed by atoms with van der Waals surface area (Å²) < 4.78 is 13.2. The van der Waals surface area contributed by atoms with Crippen LogP contribution >= 0.6 is 0 Å². The fraction of sp³-hybridized carbons (Fsp3) is 0.381. The second-order valence-electron chi connectivity index (χ2n) is 14.4. The van der Waals surface area contributed by atoms with Crippen molar-refractivity contribution in [3.8, 4) is 0 Å². The zero-order chi connectivity index (χ0) is 34.0. The van der Waals surface area contributed by atoms with Gasteiger partial charge in [-0.1, -0.05) is 84.9 Å². The van der Waals surface area contributed by atoms with Crippen molar-refractivity contribution in [2.24, 2.45) is 11.8 Å². The second-order valence-corrected chi connectivity index (χ2v) is 14.4. The summed E-state index contributed by atoms with van der Waals surface area (Å²) in [5, 5.41) is 7.10. The van der Waals surface area contributed by atoms with Crippen LogP contribution in [0.4, 0.5) is 11.4 Å². The van der Waals surface area contributed by atoms with Crippen molar-refractivity contribution >= 4 is 23.3 Å². The third kappa shape index (κ3) is 6.74. The number of ether oxygens (including phenoxy) is 2. The van der Waals surface area contributed by atoms with Crippen LogP contribution in [0.15, 0.2) is 109 Å². The van der Waals surface area contributed by atoms with Gasteiger partial charge in [0.1, 0.15) is 0 Å². The predicted octanol–water partition coefficient (Wildman–Crippen LogP) is 6.54. The van der Waals surface area contributed by atoms with Crippen LogP contribution in [0.5, 0.6) is 0 Å². The molecule has 0 radical (unpaired) electrons. The molecule has 2 atom stereocenters. The number of para-hydroxylation sites is 2. The number of fused-ring (bicyclic) bond motifs is 2. The molecule has 0 bridgehead atoms. The fourth-order valence-electron chi connectivity index (χ4n) is 7.82. The number of hydrogen-bond donors (Lipinski definition) is 2. The molecule has 4 aliphatic rings. The maximum absolute atomic E-state index is 14.4. The molecular weight excluding hydrogens is 624 g/mol. The summed E-state index contributed by atoms with van der Waals surface area (Å²) in [5.41, 5.74) is 3.51. The third-order valence-corrected chi connectivity index (χ3v) is 10.9. The molecule has 2 saturated carbocycles. The van der Waals surface area contributed by atoms with Gasteiger partial charge in [-0.3, -0.25) is 9.80 Å². The van der Waals surface area contributed by atoms with E-state index in [1.165, 1.54) is 0 Å². The predicted molar refractivity (Wildman–Crippen MR) is 194 cm³/mol. The van der Waals surface area contributed by atoms with Gasteiger partial charge in [-0.05, 0) is 85.8 Å². The van der Waals surface area contributed by atoms with Crippen molar-refractivity contribution in [1.82, 2.24) is 9.80 Å². The molecule has 0 spiro atoms. The van der Waals surface area contributed by atoms with E-state index >= 15 is 0 Å². The van der Waals surface area contributed by atoms with Crippen LogP contribution in [0.25, 0.3) is 0 Å². The van der Waals surface area contributed by atoms with E-state index < -0.39 is 23.4 Å². The molecule has 4 aromatic rings.